The van der Waals surface area contributed by atoms with Crippen LogP contribution >= 0.6 is 11.6 Å². The second-order valence-corrected chi connectivity index (χ2v) is 5.29. The van der Waals surface area contributed by atoms with Crippen molar-refractivity contribution >= 4 is 34.1 Å². The number of amides is 1. The van der Waals surface area contributed by atoms with E-state index < -0.39 is 0 Å². The lowest BCUT2D eigenvalue weighted by atomic mass is 10.1. The van der Waals surface area contributed by atoms with E-state index in [4.69, 9.17) is 16.3 Å². The number of fused-ring (bicyclic) bond motifs is 1. The Hall–Kier alpha value is -2.59. The Labute approximate surface area is 139 Å². The highest BCUT2D eigenvalue weighted by molar-refractivity contribution is 6.34. The van der Waals surface area contributed by atoms with Crippen LogP contribution in [0.25, 0.3) is 10.9 Å². The predicted octanol–water partition coefficient (Wildman–Crippen LogP) is 4.54. The van der Waals surface area contributed by atoms with Gasteiger partial charge in [0, 0.05) is 11.6 Å². The van der Waals surface area contributed by atoms with E-state index in [9.17, 15) is 4.79 Å². The molecule has 23 heavy (non-hydrogen) atoms. The van der Waals surface area contributed by atoms with Gasteiger partial charge in [-0.25, -0.2) is 0 Å². The molecule has 0 aliphatic rings. The zero-order valence-corrected chi connectivity index (χ0v) is 13.3. The molecule has 0 fully saturated rings. The molecule has 0 aliphatic carbocycles. The molecular formula is C18H15ClN2O2. The van der Waals surface area contributed by atoms with Gasteiger partial charge in [0.1, 0.15) is 11.3 Å². The van der Waals surface area contributed by atoms with E-state index >= 15 is 0 Å². The lowest BCUT2D eigenvalue weighted by Crippen LogP contribution is -2.12. The van der Waals surface area contributed by atoms with Crippen LogP contribution in [0.2, 0.25) is 5.02 Å². The van der Waals surface area contributed by atoms with Gasteiger partial charge < -0.3 is 10.1 Å². The third-order valence-corrected chi connectivity index (χ3v) is 3.73. The van der Waals surface area contributed by atoms with Crippen LogP contribution in [-0.2, 0) is 0 Å². The van der Waals surface area contributed by atoms with Crippen LogP contribution < -0.4 is 10.1 Å². The Bertz CT molecular complexity index is 865. The van der Waals surface area contributed by atoms with Gasteiger partial charge in [-0.2, -0.15) is 0 Å². The maximum Gasteiger partial charge on any atom is 0.257 e. The van der Waals surface area contributed by atoms with Crippen molar-refractivity contribution in [1.82, 2.24) is 4.98 Å². The molecule has 0 bridgehead atoms. The number of ether oxygens (including phenoxy) is 1. The summed E-state index contributed by atoms with van der Waals surface area (Å²) in [5, 5.41) is 4.13. The molecule has 0 saturated heterocycles. The second-order valence-electron chi connectivity index (χ2n) is 4.88. The van der Waals surface area contributed by atoms with Crippen LogP contribution in [0.4, 0.5) is 5.69 Å². The predicted molar refractivity (Wildman–Crippen MR) is 92.3 cm³/mol. The fourth-order valence-corrected chi connectivity index (χ4v) is 2.58. The summed E-state index contributed by atoms with van der Waals surface area (Å²) in [5.41, 5.74) is 1.81. The molecular weight excluding hydrogens is 312 g/mol. The number of rotatable bonds is 4. The molecule has 1 aromatic heterocycles. The van der Waals surface area contributed by atoms with Crippen LogP contribution in [-0.4, -0.2) is 17.5 Å². The Morgan fingerprint density at radius 2 is 2.00 bits per heavy atom. The van der Waals surface area contributed by atoms with Crippen molar-refractivity contribution in [3.8, 4) is 5.75 Å². The van der Waals surface area contributed by atoms with Gasteiger partial charge in [0.05, 0.1) is 22.9 Å². The highest BCUT2D eigenvalue weighted by atomic mass is 35.5. The van der Waals surface area contributed by atoms with E-state index in [0.29, 0.717) is 34.1 Å². The molecule has 0 aliphatic heterocycles. The number of pyridine rings is 1. The molecule has 3 aromatic rings. The second kappa shape index (κ2) is 6.67. The molecule has 0 unspecified atom stereocenters. The third-order valence-electron chi connectivity index (χ3n) is 3.40. The molecule has 1 N–H and O–H groups in total. The van der Waals surface area contributed by atoms with Gasteiger partial charge in [-0.05, 0) is 43.3 Å². The number of nitrogens with zero attached hydrogens (tertiary/aromatic N) is 1. The summed E-state index contributed by atoms with van der Waals surface area (Å²) in [4.78, 5) is 16.8. The van der Waals surface area contributed by atoms with Gasteiger partial charge >= 0.3 is 0 Å². The number of halogens is 1. The Morgan fingerprint density at radius 1 is 1.17 bits per heavy atom. The molecule has 4 nitrogen and oxygen atoms in total. The summed E-state index contributed by atoms with van der Waals surface area (Å²) in [6.07, 6.45) is 1.70. The summed E-state index contributed by atoms with van der Waals surface area (Å²) in [6.45, 7) is 2.47. The quantitative estimate of drug-likeness (QED) is 0.765. The largest absolute Gasteiger partial charge is 0.492 e. The van der Waals surface area contributed by atoms with Crippen molar-refractivity contribution in [1.29, 1.82) is 0 Å². The summed E-state index contributed by atoms with van der Waals surface area (Å²) in [5.74, 6) is 0.434. The zero-order valence-electron chi connectivity index (χ0n) is 12.5. The lowest BCUT2D eigenvalue weighted by molar-refractivity contribution is 0.102. The summed E-state index contributed by atoms with van der Waals surface area (Å²) in [7, 11) is 0. The van der Waals surface area contributed by atoms with Crippen molar-refractivity contribution in [3.63, 3.8) is 0 Å². The monoisotopic (exact) mass is 326 g/mol. The lowest BCUT2D eigenvalue weighted by Gasteiger charge is -2.12. The summed E-state index contributed by atoms with van der Waals surface area (Å²) >= 11 is 6.08. The van der Waals surface area contributed by atoms with E-state index in [1.54, 1.807) is 36.5 Å². The molecule has 0 atom stereocenters. The molecule has 5 heteroatoms. The zero-order chi connectivity index (χ0) is 16.2. The number of aromatic nitrogens is 1. The minimum Gasteiger partial charge on any atom is -0.492 e. The number of carbonyl (C=O) groups excluding carboxylic acids is 1. The van der Waals surface area contributed by atoms with Gasteiger partial charge in [0.15, 0.2) is 0 Å². The van der Waals surface area contributed by atoms with Gasteiger partial charge in [0.2, 0.25) is 0 Å². The molecule has 1 amide bonds. The first-order valence-electron chi connectivity index (χ1n) is 7.27. The topological polar surface area (TPSA) is 51.2 Å². The van der Waals surface area contributed by atoms with Crippen molar-refractivity contribution in [2.75, 3.05) is 11.9 Å². The number of hydrogen-bond acceptors (Lipinski definition) is 3. The molecule has 0 spiro atoms. The molecule has 116 valence electrons. The van der Waals surface area contributed by atoms with E-state index in [2.05, 4.69) is 10.3 Å². The first kappa shape index (κ1) is 15.3. The highest BCUT2D eigenvalue weighted by Gasteiger charge is 2.13. The Kier molecular flexibility index (Phi) is 4.44. The van der Waals surface area contributed by atoms with Crippen molar-refractivity contribution in [3.05, 3.63) is 65.3 Å². The van der Waals surface area contributed by atoms with Crippen LogP contribution in [0.1, 0.15) is 17.3 Å². The highest BCUT2D eigenvalue weighted by Crippen LogP contribution is 2.30. The Morgan fingerprint density at radius 3 is 2.78 bits per heavy atom. The standard InChI is InChI=1S/C18H15ClN2O2/c1-2-23-16-10-9-15(13-7-5-11-20-17(13)16)21-18(22)12-6-3-4-8-14(12)19/h3-11H,2H2,1H3,(H,21,22). The maximum atomic E-state index is 12.4. The number of benzene rings is 2. The van der Waals surface area contributed by atoms with Gasteiger partial charge in [-0.1, -0.05) is 23.7 Å². The van der Waals surface area contributed by atoms with Gasteiger partial charge in [-0.15, -0.1) is 0 Å². The van der Waals surface area contributed by atoms with E-state index in [-0.39, 0.29) is 5.91 Å². The molecule has 3 rings (SSSR count). The minimum absolute atomic E-state index is 0.259. The fraction of sp³-hybridized carbons (Fsp3) is 0.111. The first-order valence-corrected chi connectivity index (χ1v) is 7.65. The van der Waals surface area contributed by atoms with Crippen molar-refractivity contribution in [2.24, 2.45) is 0 Å². The average Bonchev–Trinajstić information content (AvgIpc) is 2.57. The number of hydrogen-bond donors (Lipinski definition) is 1. The fourth-order valence-electron chi connectivity index (χ4n) is 2.36. The van der Waals surface area contributed by atoms with Crippen molar-refractivity contribution in [2.45, 2.75) is 6.92 Å². The smallest absolute Gasteiger partial charge is 0.257 e. The SMILES string of the molecule is CCOc1ccc(NC(=O)c2ccccc2Cl)c2cccnc12. The van der Waals surface area contributed by atoms with Crippen LogP contribution in [0, 0.1) is 0 Å². The maximum absolute atomic E-state index is 12.4. The van der Waals surface area contributed by atoms with Gasteiger partial charge in [0.25, 0.3) is 5.91 Å². The third kappa shape index (κ3) is 3.12. The van der Waals surface area contributed by atoms with E-state index in [1.807, 2.05) is 25.1 Å². The molecule has 0 saturated carbocycles. The summed E-state index contributed by atoms with van der Waals surface area (Å²) in [6, 6.07) is 14.3. The van der Waals surface area contributed by atoms with Crippen molar-refractivity contribution < 1.29 is 9.53 Å². The molecule has 0 radical (unpaired) electrons. The van der Waals surface area contributed by atoms with Crippen LogP contribution in [0.15, 0.2) is 54.7 Å². The van der Waals surface area contributed by atoms with E-state index in [0.717, 1.165) is 5.39 Å². The average molecular weight is 327 g/mol. The number of anilines is 1. The van der Waals surface area contributed by atoms with Crippen LogP contribution in [0.3, 0.4) is 0 Å². The van der Waals surface area contributed by atoms with E-state index in [1.165, 1.54) is 0 Å². The molecule has 2 aromatic carbocycles. The number of nitrogens with one attached hydrogen (secondary N) is 1. The normalized spacial score (nSPS) is 10.5. The van der Waals surface area contributed by atoms with Gasteiger partial charge in [-0.3, -0.25) is 9.78 Å². The number of carbonyl (C=O) groups is 1. The Balaban J connectivity index is 1.99. The summed E-state index contributed by atoms with van der Waals surface area (Å²) < 4.78 is 5.59. The molecule has 1 heterocycles. The minimum atomic E-state index is -0.259. The van der Waals surface area contributed by atoms with Crippen LogP contribution in [0.5, 0.6) is 5.75 Å². The first-order chi connectivity index (χ1) is 11.2.